The normalized spacial score (nSPS) is 10.0. The van der Waals surface area contributed by atoms with Crippen molar-refractivity contribution < 1.29 is 9.90 Å². The van der Waals surface area contributed by atoms with Gasteiger partial charge in [0.2, 0.25) is 0 Å². The molecule has 0 aliphatic heterocycles. The number of benzene rings is 1. The average molecular weight is 319 g/mol. The number of aromatic nitrogens is 2. The lowest BCUT2D eigenvalue weighted by Crippen LogP contribution is -2.30. The van der Waals surface area contributed by atoms with Crippen molar-refractivity contribution in [3.05, 3.63) is 35.4 Å². The molecule has 2 aromatic rings. The zero-order valence-corrected chi connectivity index (χ0v) is 12.5. The summed E-state index contributed by atoms with van der Waals surface area (Å²) in [6.07, 6.45) is 5.09. The van der Waals surface area contributed by atoms with Gasteiger partial charge in [-0.05, 0) is 12.1 Å². The molecular weight excluding hydrogens is 304 g/mol. The summed E-state index contributed by atoms with van der Waals surface area (Å²) in [7, 11) is 0. The quantitative estimate of drug-likeness (QED) is 0.737. The molecule has 1 aromatic carbocycles. The minimum atomic E-state index is -0.431. The van der Waals surface area contributed by atoms with E-state index in [-0.39, 0.29) is 19.7 Å². The second-order valence-electron chi connectivity index (χ2n) is 4.38. The molecule has 6 nitrogen and oxygen atoms in total. The number of terminal acetylenes is 1. The van der Waals surface area contributed by atoms with Gasteiger partial charge in [-0.2, -0.15) is 5.10 Å². The SMILES string of the molecule is C#CCNC(=O)Nc1cc(-c2ccc(Cl)cc2)nn1CCO. The van der Waals surface area contributed by atoms with E-state index in [2.05, 4.69) is 21.7 Å². The molecule has 114 valence electrons. The summed E-state index contributed by atoms with van der Waals surface area (Å²) in [5.74, 6) is 2.78. The number of hydrogen-bond donors (Lipinski definition) is 3. The lowest BCUT2D eigenvalue weighted by Gasteiger charge is -2.07. The Balaban J connectivity index is 2.23. The molecule has 0 saturated heterocycles. The van der Waals surface area contributed by atoms with Crippen LogP contribution in [0.15, 0.2) is 30.3 Å². The second kappa shape index (κ2) is 7.50. The number of nitrogens with zero attached hydrogens (tertiary/aromatic N) is 2. The van der Waals surface area contributed by atoms with E-state index in [0.29, 0.717) is 16.5 Å². The van der Waals surface area contributed by atoms with Crippen LogP contribution in [0.2, 0.25) is 5.02 Å². The van der Waals surface area contributed by atoms with Crippen molar-refractivity contribution in [1.82, 2.24) is 15.1 Å². The Kier molecular flexibility index (Phi) is 5.42. The maximum absolute atomic E-state index is 11.7. The zero-order valence-electron chi connectivity index (χ0n) is 11.7. The van der Waals surface area contributed by atoms with Crippen LogP contribution in [0.4, 0.5) is 10.6 Å². The lowest BCUT2D eigenvalue weighted by atomic mass is 10.1. The third-order valence-corrected chi connectivity index (χ3v) is 3.08. The van der Waals surface area contributed by atoms with Gasteiger partial charge in [0.05, 0.1) is 25.4 Å². The fourth-order valence-corrected chi connectivity index (χ4v) is 1.96. The molecule has 0 radical (unpaired) electrons. The number of hydrogen-bond acceptors (Lipinski definition) is 3. The first kappa shape index (κ1) is 15.9. The summed E-state index contributed by atoms with van der Waals surface area (Å²) in [5, 5.41) is 19.2. The van der Waals surface area contributed by atoms with Gasteiger partial charge in [-0.3, -0.25) is 5.32 Å². The lowest BCUT2D eigenvalue weighted by molar-refractivity contribution is 0.252. The molecule has 0 atom stereocenters. The Bertz CT molecular complexity index is 689. The van der Waals surface area contributed by atoms with Gasteiger partial charge in [0.1, 0.15) is 5.82 Å². The molecule has 0 spiro atoms. The molecule has 1 aromatic heterocycles. The van der Waals surface area contributed by atoms with Crippen molar-refractivity contribution in [3.63, 3.8) is 0 Å². The predicted molar refractivity (Wildman–Crippen MR) is 85.6 cm³/mol. The Morgan fingerprint density at radius 2 is 2.14 bits per heavy atom. The largest absolute Gasteiger partial charge is 0.394 e. The van der Waals surface area contributed by atoms with Crippen LogP contribution in [-0.2, 0) is 6.54 Å². The molecule has 2 amide bonds. The van der Waals surface area contributed by atoms with Crippen molar-refractivity contribution in [2.24, 2.45) is 0 Å². The second-order valence-corrected chi connectivity index (χ2v) is 4.82. The van der Waals surface area contributed by atoms with E-state index in [4.69, 9.17) is 23.1 Å². The number of nitrogens with one attached hydrogen (secondary N) is 2. The summed E-state index contributed by atoms with van der Waals surface area (Å²) in [4.78, 5) is 11.7. The topological polar surface area (TPSA) is 79.2 Å². The smallest absolute Gasteiger partial charge is 0.321 e. The van der Waals surface area contributed by atoms with Gasteiger partial charge < -0.3 is 10.4 Å². The van der Waals surface area contributed by atoms with E-state index in [1.54, 1.807) is 18.2 Å². The predicted octanol–water partition coefficient (Wildman–Crippen LogP) is 1.95. The Hall–Kier alpha value is -2.49. The third kappa shape index (κ3) is 4.01. The molecule has 0 fully saturated rings. The highest BCUT2D eigenvalue weighted by Crippen LogP contribution is 2.23. The first-order chi connectivity index (χ1) is 10.6. The Labute approximate surface area is 133 Å². The number of carbonyl (C=O) groups is 1. The van der Waals surface area contributed by atoms with E-state index < -0.39 is 6.03 Å². The van der Waals surface area contributed by atoms with E-state index in [0.717, 1.165) is 5.56 Å². The standard InChI is InChI=1S/C15H15ClN4O2/c1-2-7-17-15(22)18-14-10-13(19-20(14)8-9-21)11-3-5-12(16)6-4-11/h1,3-6,10,21H,7-9H2,(H2,17,18,22). The highest BCUT2D eigenvalue weighted by atomic mass is 35.5. The maximum atomic E-state index is 11.7. The molecule has 0 aliphatic rings. The molecule has 22 heavy (non-hydrogen) atoms. The molecule has 3 N–H and O–H groups in total. The molecule has 7 heteroatoms. The van der Waals surface area contributed by atoms with Crippen LogP contribution in [0.1, 0.15) is 0 Å². The molecule has 0 saturated carbocycles. The van der Waals surface area contributed by atoms with Crippen molar-refractivity contribution in [3.8, 4) is 23.6 Å². The minimum Gasteiger partial charge on any atom is -0.394 e. The highest BCUT2D eigenvalue weighted by molar-refractivity contribution is 6.30. The number of anilines is 1. The summed E-state index contributed by atoms with van der Waals surface area (Å²) in [6, 6.07) is 8.46. The van der Waals surface area contributed by atoms with Crippen LogP contribution in [0.3, 0.4) is 0 Å². The van der Waals surface area contributed by atoms with Crippen LogP contribution in [0.5, 0.6) is 0 Å². The number of carbonyl (C=O) groups excluding carboxylic acids is 1. The van der Waals surface area contributed by atoms with Gasteiger partial charge in [0.15, 0.2) is 0 Å². The first-order valence-corrected chi connectivity index (χ1v) is 6.95. The monoisotopic (exact) mass is 318 g/mol. The van der Waals surface area contributed by atoms with E-state index in [9.17, 15) is 4.79 Å². The summed E-state index contributed by atoms with van der Waals surface area (Å²) in [5.41, 5.74) is 1.52. The van der Waals surface area contributed by atoms with Crippen molar-refractivity contribution in [2.45, 2.75) is 6.54 Å². The highest BCUT2D eigenvalue weighted by Gasteiger charge is 2.11. The zero-order chi connectivity index (χ0) is 15.9. The van der Waals surface area contributed by atoms with Crippen LogP contribution < -0.4 is 10.6 Å². The number of aliphatic hydroxyl groups excluding tert-OH is 1. The van der Waals surface area contributed by atoms with Crippen molar-refractivity contribution in [1.29, 1.82) is 0 Å². The number of halogens is 1. The Morgan fingerprint density at radius 3 is 2.77 bits per heavy atom. The number of aliphatic hydroxyl groups is 1. The van der Waals surface area contributed by atoms with Gasteiger partial charge in [-0.15, -0.1) is 6.42 Å². The van der Waals surface area contributed by atoms with Crippen molar-refractivity contribution >= 4 is 23.4 Å². The fraction of sp³-hybridized carbons (Fsp3) is 0.200. The molecule has 1 heterocycles. The third-order valence-electron chi connectivity index (χ3n) is 2.82. The van der Waals surface area contributed by atoms with Gasteiger partial charge in [-0.1, -0.05) is 29.7 Å². The molecular formula is C15H15ClN4O2. The van der Waals surface area contributed by atoms with Crippen LogP contribution in [0.25, 0.3) is 11.3 Å². The first-order valence-electron chi connectivity index (χ1n) is 6.57. The number of urea groups is 1. The summed E-state index contributed by atoms with van der Waals surface area (Å²) < 4.78 is 1.51. The molecule has 0 aliphatic carbocycles. The minimum absolute atomic E-state index is 0.0948. The van der Waals surface area contributed by atoms with E-state index in [1.807, 2.05) is 12.1 Å². The van der Waals surface area contributed by atoms with E-state index >= 15 is 0 Å². The van der Waals surface area contributed by atoms with E-state index in [1.165, 1.54) is 4.68 Å². The van der Waals surface area contributed by atoms with Gasteiger partial charge in [0, 0.05) is 16.7 Å². The summed E-state index contributed by atoms with van der Waals surface area (Å²) in [6.45, 7) is 0.296. The van der Waals surface area contributed by atoms with Crippen LogP contribution in [-0.4, -0.2) is 34.1 Å². The number of rotatable bonds is 5. The Morgan fingerprint density at radius 1 is 1.41 bits per heavy atom. The van der Waals surface area contributed by atoms with Gasteiger partial charge in [-0.25, -0.2) is 9.48 Å². The van der Waals surface area contributed by atoms with Gasteiger partial charge in [0.25, 0.3) is 0 Å². The summed E-state index contributed by atoms with van der Waals surface area (Å²) >= 11 is 5.86. The average Bonchev–Trinajstić information content (AvgIpc) is 2.89. The van der Waals surface area contributed by atoms with Crippen LogP contribution in [0, 0.1) is 12.3 Å². The molecule has 2 rings (SSSR count). The maximum Gasteiger partial charge on any atom is 0.321 e. The van der Waals surface area contributed by atoms with Crippen molar-refractivity contribution in [2.75, 3.05) is 18.5 Å². The molecule has 0 bridgehead atoms. The van der Waals surface area contributed by atoms with Gasteiger partial charge >= 0.3 is 6.03 Å². The number of amides is 2. The van der Waals surface area contributed by atoms with Crippen LogP contribution >= 0.6 is 11.6 Å². The molecule has 0 unspecified atom stereocenters. The fourth-order valence-electron chi connectivity index (χ4n) is 1.84.